The van der Waals surface area contributed by atoms with Gasteiger partial charge in [-0.1, -0.05) is 48.5 Å². The van der Waals surface area contributed by atoms with Crippen LogP contribution in [0.25, 0.3) is 17.0 Å². The fourth-order valence-electron chi connectivity index (χ4n) is 4.67. The Morgan fingerprint density at radius 1 is 0.914 bits per heavy atom. The number of nitrogens with zero attached hydrogens (tertiary/aromatic N) is 3. The number of amides is 5. The lowest BCUT2D eigenvalue weighted by Crippen LogP contribution is -2.53. The summed E-state index contributed by atoms with van der Waals surface area (Å²) in [5.74, 6) is -1.33. The molecule has 0 aliphatic carbocycles. The maximum absolute atomic E-state index is 13.2. The third-order valence-corrected chi connectivity index (χ3v) is 6.50. The number of barbiturate groups is 1. The summed E-state index contributed by atoms with van der Waals surface area (Å²) in [6.07, 6.45) is 6.48. The molecule has 8 nitrogen and oxygen atoms in total. The van der Waals surface area contributed by atoms with Crippen LogP contribution in [0.2, 0.25) is 0 Å². The van der Waals surface area contributed by atoms with E-state index in [9.17, 15) is 19.2 Å². The van der Waals surface area contributed by atoms with Gasteiger partial charge in [0.15, 0.2) is 0 Å². The Labute approximate surface area is 202 Å². The molecule has 178 valence electrons. The number of fused-ring (bicyclic) bond motifs is 1. The number of rotatable bonds is 5. The summed E-state index contributed by atoms with van der Waals surface area (Å²) < 4.78 is 1.86. The third-order valence-electron chi connectivity index (χ3n) is 6.50. The van der Waals surface area contributed by atoms with Crippen molar-refractivity contribution < 1.29 is 19.2 Å². The second-order valence-electron chi connectivity index (χ2n) is 8.87. The fourth-order valence-corrected chi connectivity index (χ4v) is 4.67. The van der Waals surface area contributed by atoms with Gasteiger partial charge in [0.25, 0.3) is 11.8 Å². The number of urea groups is 1. The SMILES string of the molecule is O=C1NC(=O)N(Cc2ccccc2)C(=O)/C1=C/c1cn(CC(=O)N2CCCCC2)c2ccccc12. The zero-order valence-electron chi connectivity index (χ0n) is 19.3. The predicted octanol–water partition coefficient (Wildman–Crippen LogP) is 3.32. The maximum Gasteiger partial charge on any atom is 0.331 e. The first-order chi connectivity index (χ1) is 17.0. The van der Waals surface area contributed by atoms with Crippen molar-refractivity contribution in [3.63, 3.8) is 0 Å². The van der Waals surface area contributed by atoms with Gasteiger partial charge in [-0.3, -0.25) is 24.6 Å². The lowest BCUT2D eigenvalue weighted by Gasteiger charge is -2.27. The minimum absolute atomic E-state index is 0.0516. The number of imide groups is 2. The van der Waals surface area contributed by atoms with E-state index >= 15 is 0 Å². The number of likely N-dealkylation sites (tertiary alicyclic amines) is 1. The Hall–Kier alpha value is -4.20. The first-order valence-electron chi connectivity index (χ1n) is 11.8. The lowest BCUT2D eigenvalue weighted by atomic mass is 10.1. The molecular weight excluding hydrogens is 444 g/mol. The van der Waals surface area contributed by atoms with Crippen LogP contribution in [0.4, 0.5) is 4.79 Å². The molecule has 0 unspecified atom stereocenters. The molecule has 8 heteroatoms. The highest BCUT2D eigenvalue weighted by molar-refractivity contribution is 6.31. The van der Waals surface area contributed by atoms with Gasteiger partial charge in [0.05, 0.1) is 6.54 Å². The van der Waals surface area contributed by atoms with Gasteiger partial charge in [-0.2, -0.15) is 0 Å². The first kappa shape index (κ1) is 22.6. The number of carbonyl (C=O) groups is 4. The normalized spacial score (nSPS) is 17.8. The van der Waals surface area contributed by atoms with Crippen molar-refractivity contribution in [1.29, 1.82) is 0 Å². The Balaban J connectivity index is 1.46. The third kappa shape index (κ3) is 4.59. The molecular formula is C27H26N4O4. The highest BCUT2D eigenvalue weighted by Crippen LogP contribution is 2.26. The largest absolute Gasteiger partial charge is 0.341 e. The van der Waals surface area contributed by atoms with Crippen LogP contribution in [0, 0.1) is 0 Å². The maximum atomic E-state index is 13.2. The molecule has 35 heavy (non-hydrogen) atoms. The summed E-state index contributed by atoms with van der Waals surface area (Å²) in [6, 6.07) is 15.9. The minimum Gasteiger partial charge on any atom is -0.341 e. The number of hydrogen-bond donors (Lipinski definition) is 1. The zero-order chi connectivity index (χ0) is 24.4. The van der Waals surface area contributed by atoms with Crippen LogP contribution in [0.3, 0.4) is 0 Å². The molecule has 2 aliphatic heterocycles. The van der Waals surface area contributed by atoms with Crippen molar-refractivity contribution in [1.82, 2.24) is 19.7 Å². The predicted molar refractivity (Wildman–Crippen MR) is 131 cm³/mol. The smallest absolute Gasteiger partial charge is 0.331 e. The number of piperidine rings is 1. The standard InChI is InChI=1S/C27H26N4O4/c32-24(29-13-7-2-8-14-29)18-30-17-20(21-11-5-6-12-23(21)30)15-22-25(33)28-27(35)31(26(22)34)16-19-9-3-1-4-10-19/h1,3-6,9-12,15,17H,2,7-8,13-14,16,18H2,(H,28,33,35)/b22-15+. The molecule has 2 fully saturated rings. The molecule has 3 aromatic rings. The van der Waals surface area contributed by atoms with Gasteiger partial charge in [-0.25, -0.2) is 4.79 Å². The number of benzene rings is 2. The molecule has 5 amide bonds. The molecule has 1 N–H and O–H groups in total. The van der Waals surface area contributed by atoms with Crippen molar-refractivity contribution >= 4 is 40.7 Å². The highest BCUT2D eigenvalue weighted by atomic mass is 16.2. The van der Waals surface area contributed by atoms with Crippen molar-refractivity contribution in [3.8, 4) is 0 Å². The van der Waals surface area contributed by atoms with E-state index in [1.54, 1.807) is 6.20 Å². The summed E-state index contributed by atoms with van der Waals surface area (Å²) >= 11 is 0. The van der Waals surface area contributed by atoms with Crippen LogP contribution in [0.15, 0.2) is 66.4 Å². The second-order valence-corrected chi connectivity index (χ2v) is 8.87. The number of aromatic nitrogens is 1. The highest BCUT2D eigenvalue weighted by Gasteiger charge is 2.36. The van der Waals surface area contributed by atoms with Gasteiger partial charge in [0, 0.05) is 35.8 Å². The first-order valence-corrected chi connectivity index (χ1v) is 11.8. The second kappa shape index (κ2) is 9.58. The van der Waals surface area contributed by atoms with Gasteiger partial charge in [-0.15, -0.1) is 0 Å². The molecule has 0 saturated carbocycles. The van der Waals surface area contributed by atoms with E-state index in [1.165, 1.54) is 6.08 Å². The van der Waals surface area contributed by atoms with Crippen molar-refractivity contribution in [2.45, 2.75) is 32.4 Å². The van der Waals surface area contributed by atoms with E-state index in [2.05, 4.69) is 5.32 Å². The molecule has 0 spiro atoms. The Kier molecular flexibility index (Phi) is 6.18. The van der Waals surface area contributed by atoms with Gasteiger partial charge in [0.2, 0.25) is 5.91 Å². The van der Waals surface area contributed by atoms with Crippen LogP contribution < -0.4 is 5.32 Å². The minimum atomic E-state index is -0.740. The average Bonchev–Trinajstić information content (AvgIpc) is 3.22. The number of para-hydroxylation sites is 1. The van der Waals surface area contributed by atoms with Crippen molar-refractivity contribution in [3.05, 3.63) is 77.5 Å². The number of carbonyl (C=O) groups excluding carboxylic acids is 4. The van der Waals surface area contributed by atoms with Gasteiger partial charge < -0.3 is 9.47 Å². The molecule has 2 aliphatic rings. The topological polar surface area (TPSA) is 91.7 Å². The molecule has 0 bridgehead atoms. The van der Waals surface area contributed by atoms with E-state index in [0.29, 0.717) is 5.56 Å². The summed E-state index contributed by atoms with van der Waals surface area (Å²) in [4.78, 5) is 54.0. The summed E-state index contributed by atoms with van der Waals surface area (Å²) in [5.41, 5.74) is 2.13. The van der Waals surface area contributed by atoms with Crippen molar-refractivity contribution in [2.75, 3.05) is 13.1 Å². The van der Waals surface area contributed by atoms with E-state index in [4.69, 9.17) is 0 Å². The van der Waals surface area contributed by atoms with Crippen LogP contribution in [-0.4, -0.2) is 51.2 Å². The molecule has 0 radical (unpaired) electrons. The molecule has 2 saturated heterocycles. The van der Waals surface area contributed by atoms with Gasteiger partial charge in [0.1, 0.15) is 12.1 Å². The van der Waals surface area contributed by atoms with Gasteiger partial charge in [-0.05, 0) is 37.0 Å². The average molecular weight is 471 g/mol. The quantitative estimate of drug-likeness (QED) is 0.458. The van der Waals surface area contributed by atoms with Crippen LogP contribution in [0.1, 0.15) is 30.4 Å². The van der Waals surface area contributed by atoms with E-state index in [1.807, 2.05) is 64.1 Å². The van der Waals surface area contributed by atoms with Gasteiger partial charge >= 0.3 is 6.03 Å². The molecule has 5 rings (SSSR count). The molecule has 0 atom stereocenters. The zero-order valence-corrected chi connectivity index (χ0v) is 19.3. The van der Waals surface area contributed by atoms with E-state index in [0.717, 1.165) is 53.7 Å². The van der Waals surface area contributed by atoms with E-state index in [-0.39, 0.29) is 24.6 Å². The monoisotopic (exact) mass is 470 g/mol. The van der Waals surface area contributed by atoms with Crippen LogP contribution >= 0.6 is 0 Å². The Bertz CT molecular complexity index is 1340. The van der Waals surface area contributed by atoms with Crippen molar-refractivity contribution in [2.24, 2.45) is 0 Å². The van der Waals surface area contributed by atoms with Crippen LogP contribution in [0.5, 0.6) is 0 Å². The fraction of sp³-hybridized carbons (Fsp3) is 0.259. The molecule has 2 aromatic carbocycles. The van der Waals surface area contributed by atoms with Crippen LogP contribution in [-0.2, 0) is 27.5 Å². The summed E-state index contributed by atoms with van der Waals surface area (Å²) in [5, 5.41) is 3.09. The summed E-state index contributed by atoms with van der Waals surface area (Å²) in [6.45, 7) is 1.79. The number of hydrogen-bond acceptors (Lipinski definition) is 4. The Morgan fingerprint density at radius 2 is 1.63 bits per heavy atom. The summed E-state index contributed by atoms with van der Waals surface area (Å²) in [7, 11) is 0. The number of nitrogens with one attached hydrogen (secondary N) is 1. The Morgan fingerprint density at radius 3 is 2.40 bits per heavy atom. The lowest BCUT2D eigenvalue weighted by molar-refractivity contribution is -0.133. The molecule has 3 heterocycles. The molecule has 1 aromatic heterocycles. The van der Waals surface area contributed by atoms with E-state index < -0.39 is 17.8 Å².